The normalized spacial score (nSPS) is 12.2. The zero-order valence-electron chi connectivity index (χ0n) is 26.1. The number of methoxy groups -OCH3 is 1. The van der Waals surface area contributed by atoms with Gasteiger partial charge in [-0.3, -0.25) is 13.9 Å². The average Bonchev–Trinajstić information content (AvgIpc) is 3.02. The third-order valence-corrected chi connectivity index (χ3v) is 9.52. The molecule has 0 radical (unpaired) electrons. The SMILES string of the molecule is COc1ccc(S(=O)(=O)N(CC(=O)N(Cc2ccccc2Cl)[C@H](Cc2ccccc2)C(=O)NC(C)(C)C)c2ccc(Cl)cc2)cc1. The molecule has 0 heterocycles. The largest absolute Gasteiger partial charge is 0.497 e. The van der Waals surface area contributed by atoms with Crippen LogP contribution < -0.4 is 14.4 Å². The van der Waals surface area contributed by atoms with Gasteiger partial charge in [-0.2, -0.15) is 0 Å². The summed E-state index contributed by atoms with van der Waals surface area (Å²) in [5.74, 6) is -0.502. The van der Waals surface area contributed by atoms with Crippen LogP contribution in [0.5, 0.6) is 5.75 Å². The molecule has 0 aliphatic carbocycles. The molecular formula is C35H37Cl2N3O5S. The molecule has 0 saturated heterocycles. The first-order chi connectivity index (χ1) is 21.8. The third kappa shape index (κ3) is 9.02. The minimum absolute atomic E-state index is 0.0371. The Bertz CT molecular complexity index is 1740. The monoisotopic (exact) mass is 681 g/mol. The molecule has 0 spiro atoms. The van der Waals surface area contributed by atoms with Gasteiger partial charge in [0.05, 0.1) is 17.7 Å². The van der Waals surface area contributed by atoms with Crippen molar-refractivity contribution in [2.45, 2.75) is 50.2 Å². The zero-order chi connectivity index (χ0) is 33.5. The second-order valence-corrected chi connectivity index (χ2v) is 14.4. The highest BCUT2D eigenvalue weighted by molar-refractivity contribution is 7.92. The topological polar surface area (TPSA) is 96.0 Å². The summed E-state index contributed by atoms with van der Waals surface area (Å²) in [5, 5.41) is 3.82. The first kappa shape index (κ1) is 34.8. The van der Waals surface area contributed by atoms with Crippen molar-refractivity contribution in [1.29, 1.82) is 0 Å². The molecule has 2 amide bonds. The fourth-order valence-corrected chi connectivity index (χ4v) is 6.56. The van der Waals surface area contributed by atoms with E-state index >= 15 is 0 Å². The number of nitrogens with one attached hydrogen (secondary N) is 1. The lowest BCUT2D eigenvalue weighted by atomic mass is 10.0. The summed E-state index contributed by atoms with van der Waals surface area (Å²) in [4.78, 5) is 29.9. The molecule has 0 aliphatic heterocycles. The van der Waals surface area contributed by atoms with Crippen LogP contribution in [0, 0.1) is 0 Å². The van der Waals surface area contributed by atoms with Crippen LogP contribution in [0.25, 0.3) is 0 Å². The molecule has 4 aromatic rings. The van der Waals surface area contributed by atoms with Crippen LogP contribution in [0.3, 0.4) is 0 Å². The van der Waals surface area contributed by atoms with Crippen molar-refractivity contribution in [3.8, 4) is 5.75 Å². The van der Waals surface area contributed by atoms with Crippen LogP contribution >= 0.6 is 23.2 Å². The van der Waals surface area contributed by atoms with Gasteiger partial charge in [-0.15, -0.1) is 0 Å². The number of benzene rings is 4. The number of rotatable bonds is 12. The van der Waals surface area contributed by atoms with Gasteiger partial charge in [0, 0.05) is 28.5 Å². The Morgan fingerprint density at radius 3 is 2.04 bits per heavy atom. The molecule has 1 N–H and O–H groups in total. The molecule has 0 unspecified atom stereocenters. The number of carbonyl (C=O) groups excluding carboxylic acids is 2. The fraction of sp³-hybridized carbons (Fsp3) is 0.257. The number of sulfonamides is 1. The number of hydrogen-bond donors (Lipinski definition) is 1. The van der Waals surface area contributed by atoms with Gasteiger partial charge in [-0.25, -0.2) is 8.42 Å². The van der Waals surface area contributed by atoms with Gasteiger partial charge in [0.15, 0.2) is 0 Å². The highest BCUT2D eigenvalue weighted by Gasteiger charge is 2.36. The van der Waals surface area contributed by atoms with Crippen molar-refractivity contribution < 1.29 is 22.7 Å². The number of hydrogen-bond acceptors (Lipinski definition) is 5. The lowest BCUT2D eigenvalue weighted by Crippen LogP contribution is -2.56. The van der Waals surface area contributed by atoms with Gasteiger partial charge in [0.2, 0.25) is 11.8 Å². The second-order valence-electron chi connectivity index (χ2n) is 11.7. The van der Waals surface area contributed by atoms with E-state index in [1.165, 1.54) is 48.4 Å². The molecule has 0 aromatic heterocycles. The van der Waals surface area contributed by atoms with Crippen molar-refractivity contribution >= 4 is 50.7 Å². The Morgan fingerprint density at radius 1 is 0.848 bits per heavy atom. The molecule has 0 aliphatic rings. The molecule has 0 bridgehead atoms. The van der Waals surface area contributed by atoms with Crippen molar-refractivity contribution in [3.05, 3.63) is 124 Å². The van der Waals surface area contributed by atoms with E-state index < -0.39 is 34.1 Å². The maximum Gasteiger partial charge on any atom is 0.264 e. The molecule has 0 saturated carbocycles. The molecular weight excluding hydrogens is 645 g/mol. The zero-order valence-corrected chi connectivity index (χ0v) is 28.4. The van der Waals surface area contributed by atoms with Crippen molar-refractivity contribution in [3.63, 3.8) is 0 Å². The molecule has 46 heavy (non-hydrogen) atoms. The van der Waals surface area contributed by atoms with Crippen molar-refractivity contribution in [2.24, 2.45) is 0 Å². The first-order valence-corrected chi connectivity index (χ1v) is 16.8. The molecule has 4 rings (SSSR count). The lowest BCUT2D eigenvalue weighted by Gasteiger charge is -2.35. The molecule has 242 valence electrons. The molecule has 11 heteroatoms. The lowest BCUT2D eigenvalue weighted by molar-refractivity contribution is -0.140. The summed E-state index contributed by atoms with van der Waals surface area (Å²) in [5.41, 5.74) is 1.06. The summed E-state index contributed by atoms with van der Waals surface area (Å²) < 4.78 is 34.5. The van der Waals surface area contributed by atoms with Crippen molar-refractivity contribution in [1.82, 2.24) is 10.2 Å². The predicted octanol–water partition coefficient (Wildman–Crippen LogP) is 6.75. The summed E-state index contributed by atoms with van der Waals surface area (Å²) in [6.45, 7) is 4.93. The standard InChI is InChI=1S/C35H37Cl2N3O5S/c1-35(2,3)38-34(42)32(22-25-10-6-5-7-11-25)39(23-26-12-8-9-13-31(26)37)33(41)24-40(28-16-14-27(36)15-17-28)46(43,44)30-20-18-29(45-4)19-21-30/h5-21,32H,22-24H2,1-4H3,(H,38,42)/t32-/m1/s1. The Hall–Kier alpha value is -4.05. The fourth-order valence-electron chi connectivity index (χ4n) is 4.83. The summed E-state index contributed by atoms with van der Waals surface area (Å²) in [7, 11) is -2.79. The molecule has 1 atom stereocenters. The van der Waals surface area contributed by atoms with Gasteiger partial charge in [0.25, 0.3) is 10.0 Å². The van der Waals surface area contributed by atoms with Crippen LogP contribution in [0.2, 0.25) is 10.0 Å². The minimum Gasteiger partial charge on any atom is -0.497 e. The summed E-state index contributed by atoms with van der Waals surface area (Å²) in [6, 6.07) is 27.4. The average molecular weight is 683 g/mol. The number of halogens is 2. The first-order valence-electron chi connectivity index (χ1n) is 14.6. The van der Waals surface area contributed by atoms with E-state index in [-0.39, 0.29) is 29.5 Å². The number of nitrogens with zero attached hydrogens (tertiary/aromatic N) is 2. The van der Waals surface area contributed by atoms with E-state index in [0.717, 1.165) is 9.87 Å². The smallest absolute Gasteiger partial charge is 0.264 e. The van der Waals surface area contributed by atoms with Crippen LogP contribution in [0.15, 0.2) is 108 Å². The summed E-state index contributed by atoms with van der Waals surface area (Å²) >= 11 is 12.7. The minimum atomic E-state index is -4.27. The Morgan fingerprint density at radius 2 is 1.46 bits per heavy atom. The van der Waals surface area contributed by atoms with Crippen LogP contribution in [0.4, 0.5) is 5.69 Å². The van der Waals surface area contributed by atoms with Gasteiger partial charge < -0.3 is 15.0 Å². The van der Waals surface area contributed by atoms with Crippen molar-refractivity contribution in [2.75, 3.05) is 18.0 Å². The Kier molecular flexibility index (Phi) is 11.4. The maximum absolute atomic E-state index is 14.5. The van der Waals surface area contributed by atoms with Crippen LogP contribution in [-0.2, 0) is 32.6 Å². The van der Waals surface area contributed by atoms with E-state index in [9.17, 15) is 18.0 Å². The Balaban J connectivity index is 1.82. The van der Waals surface area contributed by atoms with Gasteiger partial charge in [0.1, 0.15) is 18.3 Å². The van der Waals surface area contributed by atoms with E-state index in [4.69, 9.17) is 27.9 Å². The third-order valence-electron chi connectivity index (χ3n) is 7.11. The van der Waals surface area contributed by atoms with Gasteiger partial charge in [-0.1, -0.05) is 71.7 Å². The molecule has 0 fully saturated rings. The maximum atomic E-state index is 14.5. The van der Waals surface area contributed by atoms with E-state index in [0.29, 0.717) is 21.4 Å². The number of ether oxygens (including phenoxy) is 1. The van der Waals surface area contributed by atoms with Gasteiger partial charge >= 0.3 is 0 Å². The van der Waals surface area contributed by atoms with E-state index in [2.05, 4.69) is 5.32 Å². The number of carbonyl (C=O) groups is 2. The highest BCUT2D eigenvalue weighted by atomic mass is 35.5. The van der Waals surface area contributed by atoms with Crippen LogP contribution in [0.1, 0.15) is 31.9 Å². The second kappa shape index (κ2) is 15.0. The molecule has 8 nitrogen and oxygen atoms in total. The van der Waals surface area contributed by atoms with E-state index in [1.807, 2.05) is 51.1 Å². The van der Waals surface area contributed by atoms with E-state index in [1.54, 1.807) is 36.4 Å². The van der Waals surface area contributed by atoms with Gasteiger partial charge in [-0.05, 0) is 86.5 Å². The number of amides is 2. The summed E-state index contributed by atoms with van der Waals surface area (Å²) in [6.07, 6.45) is 0.186. The van der Waals surface area contributed by atoms with Crippen LogP contribution in [-0.4, -0.2) is 50.4 Å². The Labute approximate surface area is 280 Å². The predicted molar refractivity (Wildman–Crippen MR) is 183 cm³/mol. The highest BCUT2D eigenvalue weighted by Crippen LogP contribution is 2.28. The molecule has 4 aromatic carbocycles. The number of anilines is 1. The quantitative estimate of drug-likeness (QED) is 0.178.